The molecule has 1 aromatic rings. The zero-order valence-corrected chi connectivity index (χ0v) is 11.0. The van der Waals surface area contributed by atoms with Crippen LogP contribution < -0.4 is 16.6 Å². The zero-order valence-electron chi connectivity index (χ0n) is 11.0. The summed E-state index contributed by atoms with van der Waals surface area (Å²) in [6, 6.07) is 0. The fraction of sp³-hybridized carbons (Fsp3) is 0.636. The highest BCUT2D eigenvalue weighted by atomic mass is 16.6. The Hall–Kier alpha value is -1.68. The summed E-state index contributed by atoms with van der Waals surface area (Å²) in [6.07, 6.45) is -2.61. The van der Waals surface area contributed by atoms with Crippen LogP contribution in [0.3, 0.4) is 0 Å². The Morgan fingerprint density at radius 1 is 1.50 bits per heavy atom. The van der Waals surface area contributed by atoms with Gasteiger partial charge < -0.3 is 25.4 Å². The predicted molar refractivity (Wildman–Crippen MR) is 68.5 cm³/mol. The highest BCUT2D eigenvalue weighted by molar-refractivity contribution is 5.37. The molecular weight excluding hydrogens is 270 g/mol. The molecule has 5 N–H and O–H groups in total. The van der Waals surface area contributed by atoms with E-state index in [9.17, 15) is 19.8 Å². The summed E-state index contributed by atoms with van der Waals surface area (Å²) < 4.78 is 6.37. The number of rotatable bonds is 3. The van der Waals surface area contributed by atoms with E-state index in [1.54, 1.807) is 0 Å². The maximum absolute atomic E-state index is 11.9. The van der Waals surface area contributed by atoms with Crippen LogP contribution in [0, 0.1) is 0 Å². The SMILES string of the molecule is CNc1cn([C@]2(C)O[C@H](CO)[C@@H](O)[C@H]2O)c(=O)[nH]c1=O. The lowest BCUT2D eigenvalue weighted by Crippen LogP contribution is -2.49. The lowest BCUT2D eigenvalue weighted by atomic mass is 10.0. The number of nitrogens with one attached hydrogen (secondary N) is 2. The van der Waals surface area contributed by atoms with Crippen molar-refractivity contribution in [3.8, 4) is 0 Å². The van der Waals surface area contributed by atoms with E-state index in [-0.39, 0.29) is 5.69 Å². The smallest absolute Gasteiger partial charge is 0.330 e. The largest absolute Gasteiger partial charge is 0.394 e. The predicted octanol–water partition coefficient (Wildman–Crippen LogP) is -2.64. The van der Waals surface area contributed by atoms with Crippen molar-refractivity contribution in [2.45, 2.75) is 31.0 Å². The molecule has 1 saturated heterocycles. The van der Waals surface area contributed by atoms with Crippen LogP contribution in [0.1, 0.15) is 6.92 Å². The minimum absolute atomic E-state index is 0.101. The van der Waals surface area contributed by atoms with Crippen LogP contribution in [0.4, 0.5) is 5.69 Å². The van der Waals surface area contributed by atoms with E-state index >= 15 is 0 Å². The lowest BCUT2D eigenvalue weighted by Gasteiger charge is -2.29. The second-order valence-electron chi connectivity index (χ2n) is 4.75. The summed E-state index contributed by atoms with van der Waals surface area (Å²) in [4.78, 5) is 25.5. The van der Waals surface area contributed by atoms with Crippen LogP contribution >= 0.6 is 0 Å². The standard InChI is InChI=1S/C11H17N3O6/c1-11(8(17)7(16)6(4-15)20-11)14-3-5(12-2)9(18)13-10(14)19/h3,6-8,12,15-17H,4H2,1-2H3,(H,13,18,19)/t6-,7-,8-,11-/m1/s1. The van der Waals surface area contributed by atoms with E-state index in [0.29, 0.717) is 0 Å². The van der Waals surface area contributed by atoms with Gasteiger partial charge in [0, 0.05) is 13.2 Å². The Morgan fingerprint density at radius 2 is 2.15 bits per heavy atom. The van der Waals surface area contributed by atoms with Gasteiger partial charge in [-0.15, -0.1) is 0 Å². The number of aromatic nitrogens is 2. The van der Waals surface area contributed by atoms with E-state index < -0.39 is 41.9 Å². The number of H-pyrrole nitrogens is 1. The van der Waals surface area contributed by atoms with Gasteiger partial charge in [-0.2, -0.15) is 0 Å². The van der Waals surface area contributed by atoms with Gasteiger partial charge in [0.25, 0.3) is 5.56 Å². The maximum atomic E-state index is 11.9. The first-order chi connectivity index (χ1) is 9.35. The molecule has 0 amide bonds. The molecule has 0 aromatic carbocycles. The van der Waals surface area contributed by atoms with Gasteiger partial charge in [-0.1, -0.05) is 0 Å². The molecule has 0 spiro atoms. The Morgan fingerprint density at radius 3 is 2.65 bits per heavy atom. The Kier molecular flexibility index (Phi) is 3.69. The van der Waals surface area contributed by atoms with Gasteiger partial charge in [0.15, 0.2) is 5.72 Å². The fourth-order valence-electron chi connectivity index (χ4n) is 2.29. The number of nitrogens with zero attached hydrogens (tertiary/aromatic N) is 1. The molecule has 0 aliphatic carbocycles. The molecule has 112 valence electrons. The minimum Gasteiger partial charge on any atom is -0.394 e. The van der Waals surface area contributed by atoms with Crippen molar-refractivity contribution in [3.05, 3.63) is 27.0 Å². The second-order valence-corrected chi connectivity index (χ2v) is 4.75. The molecule has 9 heteroatoms. The Balaban J connectivity index is 2.56. The van der Waals surface area contributed by atoms with Crippen LogP contribution in [0.5, 0.6) is 0 Å². The molecule has 1 aromatic heterocycles. The van der Waals surface area contributed by atoms with Crippen molar-refractivity contribution in [1.29, 1.82) is 0 Å². The minimum atomic E-state index is -1.60. The van der Waals surface area contributed by atoms with Gasteiger partial charge in [-0.3, -0.25) is 14.3 Å². The summed E-state index contributed by atoms with van der Waals surface area (Å²) in [6.45, 7) is 0.876. The lowest BCUT2D eigenvalue weighted by molar-refractivity contribution is -0.137. The highest BCUT2D eigenvalue weighted by Crippen LogP contribution is 2.34. The molecule has 20 heavy (non-hydrogen) atoms. The van der Waals surface area contributed by atoms with Crippen molar-refractivity contribution < 1.29 is 20.1 Å². The van der Waals surface area contributed by atoms with E-state index in [4.69, 9.17) is 9.84 Å². The van der Waals surface area contributed by atoms with Gasteiger partial charge in [-0.25, -0.2) is 4.79 Å². The molecule has 0 radical (unpaired) electrons. The first-order valence-corrected chi connectivity index (χ1v) is 6.04. The molecule has 0 unspecified atom stereocenters. The molecule has 9 nitrogen and oxygen atoms in total. The summed E-state index contributed by atoms with van der Waals surface area (Å²) in [5.41, 5.74) is -2.89. The Labute approximate surface area is 113 Å². The maximum Gasteiger partial charge on any atom is 0.330 e. The van der Waals surface area contributed by atoms with E-state index in [0.717, 1.165) is 4.57 Å². The normalized spacial score (nSPS) is 33.4. The first kappa shape index (κ1) is 14.7. The van der Waals surface area contributed by atoms with Crippen molar-refractivity contribution in [2.24, 2.45) is 0 Å². The van der Waals surface area contributed by atoms with Crippen molar-refractivity contribution in [1.82, 2.24) is 9.55 Å². The third-order valence-electron chi connectivity index (χ3n) is 3.51. The fourth-order valence-corrected chi connectivity index (χ4v) is 2.29. The van der Waals surface area contributed by atoms with Gasteiger partial charge in [0.2, 0.25) is 0 Å². The number of aliphatic hydroxyl groups is 3. The molecule has 1 aliphatic rings. The van der Waals surface area contributed by atoms with Crippen molar-refractivity contribution >= 4 is 5.69 Å². The van der Waals surface area contributed by atoms with Gasteiger partial charge >= 0.3 is 5.69 Å². The molecular formula is C11H17N3O6. The van der Waals surface area contributed by atoms with E-state index in [2.05, 4.69) is 10.3 Å². The van der Waals surface area contributed by atoms with Crippen molar-refractivity contribution in [2.75, 3.05) is 19.0 Å². The summed E-state index contributed by atoms with van der Waals surface area (Å²) in [7, 11) is 1.50. The monoisotopic (exact) mass is 287 g/mol. The molecule has 1 fully saturated rings. The van der Waals surface area contributed by atoms with E-state index in [1.165, 1.54) is 20.2 Å². The number of aromatic amines is 1. The average molecular weight is 287 g/mol. The summed E-state index contributed by atoms with van der Waals surface area (Å²) in [5.74, 6) is 0. The third-order valence-corrected chi connectivity index (χ3v) is 3.51. The van der Waals surface area contributed by atoms with Gasteiger partial charge in [0.05, 0.1) is 6.61 Å². The topological polar surface area (TPSA) is 137 Å². The van der Waals surface area contributed by atoms with Gasteiger partial charge in [-0.05, 0) is 6.92 Å². The summed E-state index contributed by atoms with van der Waals surface area (Å²) in [5, 5.41) is 31.6. The quantitative estimate of drug-likeness (QED) is 0.410. The van der Waals surface area contributed by atoms with Crippen LogP contribution in [0.2, 0.25) is 0 Å². The zero-order chi connectivity index (χ0) is 15.1. The molecule has 1 aliphatic heterocycles. The highest BCUT2D eigenvalue weighted by Gasteiger charge is 2.52. The summed E-state index contributed by atoms with van der Waals surface area (Å²) >= 11 is 0. The second kappa shape index (κ2) is 5.02. The number of ether oxygens (including phenoxy) is 1. The molecule has 0 saturated carbocycles. The molecule has 2 heterocycles. The van der Waals surface area contributed by atoms with Crippen LogP contribution in [0.15, 0.2) is 15.8 Å². The van der Waals surface area contributed by atoms with Crippen LogP contribution in [0.25, 0.3) is 0 Å². The van der Waals surface area contributed by atoms with Gasteiger partial charge in [0.1, 0.15) is 24.0 Å². The first-order valence-electron chi connectivity index (χ1n) is 6.04. The number of hydrogen-bond donors (Lipinski definition) is 5. The number of aliphatic hydroxyl groups excluding tert-OH is 3. The molecule has 0 bridgehead atoms. The number of anilines is 1. The van der Waals surface area contributed by atoms with Crippen LogP contribution in [-0.2, 0) is 10.5 Å². The Bertz CT molecular complexity index is 611. The average Bonchev–Trinajstić information content (AvgIpc) is 2.64. The number of hydrogen-bond acceptors (Lipinski definition) is 7. The van der Waals surface area contributed by atoms with E-state index in [1.807, 2.05) is 0 Å². The van der Waals surface area contributed by atoms with Crippen LogP contribution in [-0.4, -0.2) is 56.8 Å². The molecule has 2 rings (SSSR count). The molecule has 4 atom stereocenters. The van der Waals surface area contributed by atoms with Crippen molar-refractivity contribution in [3.63, 3.8) is 0 Å². The third kappa shape index (κ3) is 2.04.